The highest BCUT2D eigenvalue weighted by Gasteiger charge is 2.41. The Balaban J connectivity index is 2.32. The fourth-order valence-corrected chi connectivity index (χ4v) is 4.69. The highest BCUT2D eigenvalue weighted by atomic mass is 35.5. The summed E-state index contributed by atoms with van der Waals surface area (Å²) in [4.78, 5) is 0. The molecule has 0 saturated heterocycles. The normalized spacial score (nSPS) is 17.0. The average molecular weight is 406 g/mol. The van der Waals surface area contributed by atoms with E-state index in [-0.39, 0.29) is 21.5 Å². The number of benzene rings is 2. The van der Waals surface area contributed by atoms with Crippen molar-refractivity contribution in [3.8, 4) is 11.5 Å². The van der Waals surface area contributed by atoms with E-state index in [0.29, 0.717) is 21.2 Å². The van der Waals surface area contributed by atoms with Gasteiger partial charge >= 0.3 is 0 Å². The SMILES string of the molecule is Oc1c(Cl)cc(Cl)cc1C1(c2cc(Cl)cc(Cl)c2O)CCCCC1. The van der Waals surface area contributed by atoms with Crippen molar-refractivity contribution in [3.05, 3.63) is 55.5 Å². The second kappa shape index (κ2) is 6.84. The third-order valence-electron chi connectivity index (χ3n) is 4.79. The molecule has 0 radical (unpaired) electrons. The topological polar surface area (TPSA) is 40.5 Å². The van der Waals surface area contributed by atoms with Crippen molar-refractivity contribution in [2.45, 2.75) is 37.5 Å². The number of hydrogen-bond acceptors (Lipinski definition) is 2. The third kappa shape index (κ3) is 3.06. The predicted octanol–water partition coefficient (Wildman–Crippen LogP) is 6.96. The molecule has 0 amide bonds. The Morgan fingerprint density at radius 3 is 1.50 bits per heavy atom. The van der Waals surface area contributed by atoms with E-state index in [2.05, 4.69) is 0 Å². The van der Waals surface area contributed by atoms with Crippen molar-refractivity contribution in [2.24, 2.45) is 0 Å². The van der Waals surface area contributed by atoms with Gasteiger partial charge in [-0.1, -0.05) is 65.7 Å². The lowest BCUT2D eigenvalue weighted by atomic mass is 9.64. The Labute approximate surface area is 160 Å². The predicted molar refractivity (Wildman–Crippen MR) is 100 cm³/mol. The molecule has 2 aromatic rings. The van der Waals surface area contributed by atoms with Crippen LogP contribution in [-0.2, 0) is 5.41 Å². The summed E-state index contributed by atoms with van der Waals surface area (Å²) in [7, 11) is 0. The van der Waals surface area contributed by atoms with Crippen molar-refractivity contribution < 1.29 is 10.2 Å². The van der Waals surface area contributed by atoms with E-state index in [1.807, 2.05) is 0 Å². The first-order valence-corrected chi connectivity index (χ1v) is 9.23. The molecule has 1 fully saturated rings. The maximum Gasteiger partial charge on any atom is 0.138 e. The van der Waals surface area contributed by atoms with Crippen LogP contribution in [0.4, 0.5) is 0 Å². The van der Waals surface area contributed by atoms with Crippen LogP contribution in [0.2, 0.25) is 20.1 Å². The summed E-state index contributed by atoms with van der Waals surface area (Å²) in [5.41, 5.74) is 0.580. The molecule has 6 heteroatoms. The molecule has 0 heterocycles. The number of halogens is 4. The van der Waals surface area contributed by atoms with Gasteiger partial charge in [0.15, 0.2) is 0 Å². The quantitative estimate of drug-likeness (QED) is 0.566. The van der Waals surface area contributed by atoms with Gasteiger partial charge in [-0.3, -0.25) is 0 Å². The van der Waals surface area contributed by atoms with Gasteiger partial charge in [0.25, 0.3) is 0 Å². The molecular weight excluding hydrogens is 390 g/mol. The van der Waals surface area contributed by atoms with Crippen LogP contribution < -0.4 is 0 Å². The van der Waals surface area contributed by atoms with E-state index in [9.17, 15) is 10.2 Å². The van der Waals surface area contributed by atoms with Crippen LogP contribution in [0.1, 0.15) is 43.2 Å². The van der Waals surface area contributed by atoms with Crippen molar-refractivity contribution in [3.63, 3.8) is 0 Å². The average Bonchev–Trinajstić information content (AvgIpc) is 2.55. The van der Waals surface area contributed by atoms with E-state index in [4.69, 9.17) is 46.4 Å². The van der Waals surface area contributed by atoms with E-state index < -0.39 is 5.41 Å². The lowest BCUT2D eigenvalue weighted by molar-refractivity contribution is 0.321. The molecule has 0 atom stereocenters. The summed E-state index contributed by atoms with van der Waals surface area (Å²) >= 11 is 24.6. The van der Waals surface area contributed by atoms with Crippen LogP contribution in [0.5, 0.6) is 11.5 Å². The van der Waals surface area contributed by atoms with Gasteiger partial charge in [0.2, 0.25) is 0 Å². The Morgan fingerprint density at radius 2 is 1.08 bits per heavy atom. The van der Waals surface area contributed by atoms with E-state index >= 15 is 0 Å². The molecule has 0 aliphatic heterocycles. The smallest absolute Gasteiger partial charge is 0.138 e. The molecule has 128 valence electrons. The molecule has 0 unspecified atom stereocenters. The van der Waals surface area contributed by atoms with Crippen LogP contribution in [-0.4, -0.2) is 10.2 Å². The van der Waals surface area contributed by atoms with Crippen molar-refractivity contribution in [2.75, 3.05) is 0 Å². The Bertz CT molecular complexity index is 724. The van der Waals surface area contributed by atoms with Crippen molar-refractivity contribution in [1.82, 2.24) is 0 Å². The highest BCUT2D eigenvalue weighted by molar-refractivity contribution is 6.36. The second-order valence-corrected chi connectivity index (χ2v) is 7.90. The second-order valence-electron chi connectivity index (χ2n) is 6.21. The van der Waals surface area contributed by atoms with Gasteiger partial charge in [0.1, 0.15) is 11.5 Å². The number of aromatic hydroxyl groups is 2. The molecular formula is C18H16Cl4O2. The summed E-state index contributed by atoms with van der Waals surface area (Å²) in [6.07, 6.45) is 4.47. The van der Waals surface area contributed by atoms with Gasteiger partial charge in [-0.05, 0) is 37.1 Å². The Hall–Kier alpha value is -0.800. The number of phenolic OH excluding ortho intramolecular Hbond substituents is 2. The molecule has 0 spiro atoms. The summed E-state index contributed by atoms with van der Waals surface area (Å²) in [5.74, 6) is -0.0306. The summed E-state index contributed by atoms with van der Waals surface area (Å²) in [6, 6.07) is 6.43. The molecule has 0 bridgehead atoms. The van der Waals surface area contributed by atoms with Gasteiger partial charge < -0.3 is 10.2 Å². The molecule has 1 aliphatic rings. The Morgan fingerprint density at radius 1 is 0.667 bits per heavy atom. The summed E-state index contributed by atoms with van der Waals surface area (Å²) in [5, 5.41) is 22.4. The molecule has 2 nitrogen and oxygen atoms in total. The number of hydrogen-bond donors (Lipinski definition) is 2. The zero-order valence-corrected chi connectivity index (χ0v) is 15.8. The first-order valence-electron chi connectivity index (χ1n) is 7.72. The lowest BCUT2D eigenvalue weighted by Gasteiger charge is -2.39. The van der Waals surface area contributed by atoms with Gasteiger partial charge in [-0.2, -0.15) is 0 Å². The monoisotopic (exact) mass is 404 g/mol. The fourth-order valence-electron chi connectivity index (χ4n) is 3.70. The first-order chi connectivity index (χ1) is 11.3. The van der Waals surface area contributed by atoms with Gasteiger partial charge in [0.05, 0.1) is 10.0 Å². The van der Waals surface area contributed by atoms with E-state index in [0.717, 1.165) is 32.1 Å². The minimum atomic E-state index is -0.629. The Kier molecular flexibility index (Phi) is 5.13. The van der Waals surface area contributed by atoms with Crippen LogP contribution in [0.3, 0.4) is 0 Å². The van der Waals surface area contributed by atoms with Crippen LogP contribution >= 0.6 is 46.4 Å². The molecule has 1 saturated carbocycles. The minimum Gasteiger partial charge on any atom is -0.506 e. The summed E-state index contributed by atoms with van der Waals surface area (Å²) < 4.78 is 0. The lowest BCUT2D eigenvalue weighted by Crippen LogP contribution is -2.31. The minimum absolute atomic E-state index is 0.0153. The van der Waals surface area contributed by atoms with Crippen LogP contribution in [0, 0.1) is 0 Å². The molecule has 2 aromatic carbocycles. The van der Waals surface area contributed by atoms with Crippen LogP contribution in [0.15, 0.2) is 24.3 Å². The van der Waals surface area contributed by atoms with Gasteiger partial charge in [0, 0.05) is 26.6 Å². The third-order valence-corrected chi connectivity index (χ3v) is 5.81. The number of rotatable bonds is 2. The zero-order chi connectivity index (χ0) is 17.5. The molecule has 1 aliphatic carbocycles. The van der Waals surface area contributed by atoms with Gasteiger partial charge in [-0.15, -0.1) is 0 Å². The largest absolute Gasteiger partial charge is 0.506 e. The molecule has 24 heavy (non-hydrogen) atoms. The highest BCUT2D eigenvalue weighted by Crippen LogP contribution is 2.53. The first kappa shape index (κ1) is 18.0. The van der Waals surface area contributed by atoms with Gasteiger partial charge in [-0.25, -0.2) is 0 Å². The van der Waals surface area contributed by atoms with Crippen molar-refractivity contribution >= 4 is 46.4 Å². The van der Waals surface area contributed by atoms with Crippen molar-refractivity contribution in [1.29, 1.82) is 0 Å². The summed E-state index contributed by atoms with van der Waals surface area (Å²) in [6.45, 7) is 0. The standard InChI is InChI=1S/C18H16Cl4O2/c19-10-6-12(16(23)14(21)8-10)18(4-2-1-3-5-18)13-7-11(20)9-15(22)17(13)24/h6-9,23-24H,1-5H2. The van der Waals surface area contributed by atoms with Crippen LogP contribution in [0.25, 0.3) is 0 Å². The fraction of sp³-hybridized carbons (Fsp3) is 0.333. The maximum atomic E-state index is 10.6. The van der Waals surface area contributed by atoms with E-state index in [1.54, 1.807) is 12.1 Å². The van der Waals surface area contributed by atoms with E-state index in [1.165, 1.54) is 12.1 Å². The molecule has 0 aromatic heterocycles. The maximum absolute atomic E-state index is 10.6. The molecule has 3 rings (SSSR count). The molecule has 2 N–H and O–H groups in total. The zero-order valence-electron chi connectivity index (χ0n) is 12.8. The number of phenols is 2.